The Balaban J connectivity index is 2.25. The number of ether oxygens (including phenoxy) is 1. The molecule has 0 aromatic heterocycles. The van der Waals surface area contributed by atoms with Crippen molar-refractivity contribution in [3.05, 3.63) is 29.8 Å². The van der Waals surface area contributed by atoms with E-state index in [9.17, 15) is 0 Å². The molecule has 0 aliphatic heterocycles. The van der Waals surface area contributed by atoms with Crippen LogP contribution in [0.1, 0.15) is 32.3 Å². The van der Waals surface area contributed by atoms with E-state index >= 15 is 0 Å². The molecule has 90 valence electrons. The van der Waals surface area contributed by atoms with Gasteiger partial charge in [0, 0.05) is 6.04 Å². The Bertz CT molecular complexity index is 309. The van der Waals surface area contributed by atoms with Gasteiger partial charge in [0.1, 0.15) is 5.75 Å². The molecular formula is C14H23NO. The first-order valence-electron chi connectivity index (χ1n) is 6.03. The molecule has 1 aromatic carbocycles. The van der Waals surface area contributed by atoms with E-state index in [1.807, 2.05) is 18.2 Å². The Kier molecular flexibility index (Phi) is 5.33. The fourth-order valence-corrected chi connectivity index (χ4v) is 1.76. The summed E-state index contributed by atoms with van der Waals surface area (Å²) in [6.07, 6.45) is 1.99. The van der Waals surface area contributed by atoms with Gasteiger partial charge < -0.3 is 10.5 Å². The predicted molar refractivity (Wildman–Crippen MR) is 68.7 cm³/mol. The van der Waals surface area contributed by atoms with Crippen LogP contribution in [0, 0.1) is 12.8 Å². The number of hydrogen-bond acceptors (Lipinski definition) is 2. The molecule has 1 atom stereocenters. The third-order valence-corrected chi connectivity index (χ3v) is 2.52. The van der Waals surface area contributed by atoms with Gasteiger partial charge in [-0.2, -0.15) is 0 Å². The van der Waals surface area contributed by atoms with E-state index in [1.54, 1.807) is 0 Å². The first-order chi connectivity index (χ1) is 7.58. The first-order valence-corrected chi connectivity index (χ1v) is 6.03. The molecule has 1 aromatic rings. The van der Waals surface area contributed by atoms with Crippen LogP contribution in [0.4, 0.5) is 0 Å². The van der Waals surface area contributed by atoms with Crippen LogP contribution < -0.4 is 10.5 Å². The van der Waals surface area contributed by atoms with Gasteiger partial charge in [0.2, 0.25) is 0 Å². The zero-order valence-electron chi connectivity index (χ0n) is 10.6. The zero-order chi connectivity index (χ0) is 12.0. The average Bonchev–Trinajstić information content (AvgIpc) is 2.16. The highest BCUT2D eigenvalue weighted by molar-refractivity contribution is 5.27. The zero-order valence-corrected chi connectivity index (χ0v) is 10.6. The highest BCUT2D eigenvalue weighted by Crippen LogP contribution is 2.13. The summed E-state index contributed by atoms with van der Waals surface area (Å²) in [6, 6.07) is 8.37. The van der Waals surface area contributed by atoms with Crippen LogP contribution in [0.2, 0.25) is 0 Å². The van der Waals surface area contributed by atoms with Crippen molar-refractivity contribution < 1.29 is 4.74 Å². The monoisotopic (exact) mass is 221 g/mol. The summed E-state index contributed by atoms with van der Waals surface area (Å²) in [5, 5.41) is 0. The summed E-state index contributed by atoms with van der Waals surface area (Å²) in [5.41, 5.74) is 7.21. The van der Waals surface area contributed by atoms with E-state index in [0.29, 0.717) is 12.5 Å². The summed E-state index contributed by atoms with van der Waals surface area (Å²) >= 11 is 0. The number of nitrogens with two attached hydrogens (primary N) is 1. The second kappa shape index (κ2) is 6.54. The van der Waals surface area contributed by atoms with Crippen molar-refractivity contribution in [1.82, 2.24) is 0 Å². The molecule has 0 amide bonds. The molecule has 1 rings (SSSR count). The average molecular weight is 221 g/mol. The molecule has 2 nitrogen and oxygen atoms in total. The normalized spacial score (nSPS) is 12.8. The summed E-state index contributed by atoms with van der Waals surface area (Å²) in [5.74, 6) is 1.60. The van der Waals surface area contributed by atoms with Gasteiger partial charge in [-0.05, 0) is 43.4 Å². The summed E-state index contributed by atoms with van der Waals surface area (Å²) in [6.45, 7) is 7.16. The second-order valence-electron chi connectivity index (χ2n) is 4.84. The molecule has 0 bridgehead atoms. The molecular weight excluding hydrogens is 198 g/mol. The first kappa shape index (κ1) is 13.0. The fraction of sp³-hybridized carbons (Fsp3) is 0.571. The Morgan fingerprint density at radius 2 is 2.06 bits per heavy atom. The van der Waals surface area contributed by atoms with Crippen LogP contribution in [-0.2, 0) is 0 Å². The Morgan fingerprint density at radius 3 is 2.69 bits per heavy atom. The molecule has 0 spiro atoms. The topological polar surface area (TPSA) is 35.2 Å². The van der Waals surface area contributed by atoms with Crippen molar-refractivity contribution in [2.75, 3.05) is 6.61 Å². The lowest BCUT2D eigenvalue weighted by atomic mass is 10.0. The van der Waals surface area contributed by atoms with Crippen LogP contribution in [0.15, 0.2) is 24.3 Å². The van der Waals surface area contributed by atoms with Gasteiger partial charge >= 0.3 is 0 Å². The van der Waals surface area contributed by atoms with Crippen LogP contribution in [0.5, 0.6) is 5.75 Å². The van der Waals surface area contributed by atoms with Crippen molar-refractivity contribution in [2.45, 2.75) is 39.7 Å². The maximum Gasteiger partial charge on any atom is 0.119 e. The SMILES string of the molecule is Cc1cccc(OCCC(N)CC(C)C)c1. The van der Waals surface area contributed by atoms with Gasteiger partial charge in [0.25, 0.3) is 0 Å². The van der Waals surface area contributed by atoms with Crippen molar-refractivity contribution in [3.8, 4) is 5.75 Å². The third-order valence-electron chi connectivity index (χ3n) is 2.52. The van der Waals surface area contributed by atoms with Crippen molar-refractivity contribution in [1.29, 1.82) is 0 Å². The molecule has 1 unspecified atom stereocenters. The highest BCUT2D eigenvalue weighted by Gasteiger charge is 2.05. The largest absolute Gasteiger partial charge is 0.494 e. The number of benzene rings is 1. The lowest BCUT2D eigenvalue weighted by Crippen LogP contribution is -2.24. The second-order valence-corrected chi connectivity index (χ2v) is 4.84. The lowest BCUT2D eigenvalue weighted by Gasteiger charge is -2.14. The highest BCUT2D eigenvalue weighted by atomic mass is 16.5. The van der Waals surface area contributed by atoms with Gasteiger partial charge in [-0.3, -0.25) is 0 Å². The van der Waals surface area contributed by atoms with Gasteiger partial charge in [-0.1, -0.05) is 26.0 Å². The minimum Gasteiger partial charge on any atom is -0.494 e. The summed E-state index contributed by atoms with van der Waals surface area (Å²) < 4.78 is 5.66. The molecule has 0 heterocycles. The molecule has 0 saturated heterocycles. The fourth-order valence-electron chi connectivity index (χ4n) is 1.76. The van der Waals surface area contributed by atoms with Gasteiger partial charge in [0.15, 0.2) is 0 Å². The minimum absolute atomic E-state index is 0.254. The van der Waals surface area contributed by atoms with E-state index in [4.69, 9.17) is 10.5 Å². The van der Waals surface area contributed by atoms with Gasteiger partial charge in [-0.25, -0.2) is 0 Å². The number of hydrogen-bond donors (Lipinski definition) is 1. The summed E-state index contributed by atoms with van der Waals surface area (Å²) in [4.78, 5) is 0. The Morgan fingerprint density at radius 1 is 1.31 bits per heavy atom. The minimum atomic E-state index is 0.254. The third kappa shape index (κ3) is 5.17. The Hall–Kier alpha value is -1.02. The molecule has 0 fully saturated rings. The van der Waals surface area contributed by atoms with Crippen LogP contribution >= 0.6 is 0 Å². The van der Waals surface area contributed by atoms with Crippen LogP contribution in [-0.4, -0.2) is 12.6 Å². The maximum absolute atomic E-state index is 5.99. The van der Waals surface area contributed by atoms with Gasteiger partial charge in [0.05, 0.1) is 6.61 Å². The van der Waals surface area contributed by atoms with E-state index in [0.717, 1.165) is 18.6 Å². The van der Waals surface area contributed by atoms with Gasteiger partial charge in [-0.15, -0.1) is 0 Å². The van der Waals surface area contributed by atoms with Crippen molar-refractivity contribution >= 4 is 0 Å². The molecule has 16 heavy (non-hydrogen) atoms. The van der Waals surface area contributed by atoms with E-state index in [2.05, 4.69) is 26.8 Å². The number of rotatable bonds is 6. The van der Waals surface area contributed by atoms with Crippen LogP contribution in [0.25, 0.3) is 0 Å². The lowest BCUT2D eigenvalue weighted by molar-refractivity contribution is 0.288. The molecule has 2 heteroatoms. The van der Waals surface area contributed by atoms with E-state index in [-0.39, 0.29) is 6.04 Å². The quantitative estimate of drug-likeness (QED) is 0.801. The van der Waals surface area contributed by atoms with Crippen molar-refractivity contribution in [2.24, 2.45) is 11.7 Å². The standard InChI is InChI=1S/C14H23NO/c1-11(2)9-13(15)7-8-16-14-6-4-5-12(3)10-14/h4-6,10-11,13H,7-9,15H2,1-3H3. The molecule has 0 saturated carbocycles. The van der Waals surface area contributed by atoms with E-state index in [1.165, 1.54) is 5.56 Å². The molecule has 0 aliphatic rings. The Labute approximate surface area is 98.8 Å². The van der Waals surface area contributed by atoms with E-state index < -0.39 is 0 Å². The number of aryl methyl sites for hydroxylation is 1. The molecule has 0 aliphatic carbocycles. The predicted octanol–water partition coefficient (Wildman–Crippen LogP) is 3.14. The van der Waals surface area contributed by atoms with Crippen molar-refractivity contribution in [3.63, 3.8) is 0 Å². The van der Waals surface area contributed by atoms with Crippen LogP contribution in [0.3, 0.4) is 0 Å². The summed E-state index contributed by atoms with van der Waals surface area (Å²) in [7, 11) is 0. The molecule has 2 N–H and O–H groups in total. The smallest absolute Gasteiger partial charge is 0.119 e. The maximum atomic E-state index is 5.99. The molecule has 0 radical (unpaired) electrons.